The third-order valence-electron chi connectivity index (χ3n) is 3.60. The zero-order valence-corrected chi connectivity index (χ0v) is 10.8. The van der Waals surface area contributed by atoms with Gasteiger partial charge in [-0.05, 0) is 43.4 Å². The van der Waals surface area contributed by atoms with E-state index in [-0.39, 0.29) is 18.2 Å². The van der Waals surface area contributed by atoms with Gasteiger partial charge in [0.15, 0.2) is 0 Å². The van der Waals surface area contributed by atoms with Crippen molar-refractivity contribution in [3.8, 4) is 5.75 Å². The van der Waals surface area contributed by atoms with Crippen molar-refractivity contribution in [2.24, 2.45) is 5.73 Å². The normalized spacial score (nSPS) is 18.4. The number of hydrogen-bond donors (Lipinski definition) is 4. The van der Waals surface area contributed by atoms with Crippen LogP contribution in [0.15, 0.2) is 24.3 Å². The highest BCUT2D eigenvalue weighted by Crippen LogP contribution is 2.30. The van der Waals surface area contributed by atoms with Gasteiger partial charge in [0.1, 0.15) is 5.75 Å². The Morgan fingerprint density at radius 1 is 1.37 bits per heavy atom. The summed E-state index contributed by atoms with van der Waals surface area (Å²) < 4.78 is 0. The molecule has 19 heavy (non-hydrogen) atoms. The average Bonchev–Trinajstić information content (AvgIpc) is 2.36. The molecule has 1 aliphatic carbocycles. The fraction of sp³-hybridized carbons (Fsp3) is 0.500. The first kappa shape index (κ1) is 13.8. The number of aliphatic hydroxyl groups is 1. The van der Waals surface area contributed by atoms with Crippen molar-refractivity contribution in [1.29, 1.82) is 0 Å². The van der Waals surface area contributed by atoms with Gasteiger partial charge in [-0.3, -0.25) is 4.79 Å². The Morgan fingerprint density at radius 3 is 2.53 bits per heavy atom. The third-order valence-corrected chi connectivity index (χ3v) is 3.60. The number of carbonyl (C=O) groups is 1. The smallest absolute Gasteiger partial charge is 0.237 e. The number of phenolic OH excluding ortho intramolecular Hbond substituents is 1. The van der Waals surface area contributed by atoms with Crippen molar-refractivity contribution in [2.45, 2.75) is 37.3 Å². The molecule has 2 rings (SSSR count). The van der Waals surface area contributed by atoms with E-state index in [1.807, 2.05) is 0 Å². The van der Waals surface area contributed by atoms with E-state index in [0.29, 0.717) is 6.42 Å². The number of nitrogens with two attached hydrogens (primary N) is 1. The average molecular weight is 264 g/mol. The summed E-state index contributed by atoms with van der Waals surface area (Å²) in [6.45, 7) is 0.273. The molecule has 0 spiro atoms. The van der Waals surface area contributed by atoms with E-state index in [2.05, 4.69) is 5.32 Å². The maximum atomic E-state index is 11.8. The molecule has 5 heteroatoms. The van der Waals surface area contributed by atoms with Crippen molar-refractivity contribution < 1.29 is 15.0 Å². The van der Waals surface area contributed by atoms with Gasteiger partial charge in [0, 0.05) is 6.54 Å². The van der Waals surface area contributed by atoms with Crippen LogP contribution in [0.1, 0.15) is 24.8 Å². The zero-order chi connectivity index (χ0) is 13.9. The maximum absolute atomic E-state index is 11.8. The first-order valence-corrected chi connectivity index (χ1v) is 6.52. The van der Waals surface area contributed by atoms with Gasteiger partial charge in [0.05, 0.1) is 11.6 Å². The molecule has 0 heterocycles. The number of aromatic hydroxyl groups is 1. The quantitative estimate of drug-likeness (QED) is 0.615. The van der Waals surface area contributed by atoms with Gasteiger partial charge in [-0.25, -0.2) is 0 Å². The fourth-order valence-electron chi connectivity index (χ4n) is 2.12. The van der Waals surface area contributed by atoms with Crippen LogP contribution in [0.25, 0.3) is 0 Å². The summed E-state index contributed by atoms with van der Waals surface area (Å²) >= 11 is 0. The predicted molar refractivity (Wildman–Crippen MR) is 71.6 cm³/mol. The van der Waals surface area contributed by atoms with Crippen molar-refractivity contribution in [1.82, 2.24) is 5.32 Å². The standard InChI is InChI=1S/C14H20N2O3/c15-12(8-10-2-4-11(17)5-3-10)13(18)16-9-14(19)6-1-7-14/h2-5,12,17,19H,1,6-9,15H2,(H,16,18)/t12-/m1/s1. The molecule has 0 aromatic heterocycles. The van der Waals surface area contributed by atoms with Crippen LogP contribution in [0, 0.1) is 0 Å². The highest BCUT2D eigenvalue weighted by molar-refractivity contribution is 5.81. The highest BCUT2D eigenvalue weighted by atomic mass is 16.3. The predicted octanol–water partition coefficient (Wildman–Crippen LogP) is 0.293. The van der Waals surface area contributed by atoms with Crippen molar-refractivity contribution in [3.05, 3.63) is 29.8 Å². The Bertz CT molecular complexity index is 441. The minimum absolute atomic E-state index is 0.189. The fourth-order valence-corrected chi connectivity index (χ4v) is 2.12. The molecule has 1 atom stereocenters. The Labute approximate surface area is 112 Å². The molecule has 0 unspecified atom stereocenters. The van der Waals surface area contributed by atoms with E-state index in [9.17, 15) is 9.90 Å². The van der Waals surface area contributed by atoms with Crippen LogP contribution in [0.3, 0.4) is 0 Å². The lowest BCUT2D eigenvalue weighted by molar-refractivity contribution is -0.124. The van der Waals surface area contributed by atoms with Gasteiger partial charge in [-0.15, -0.1) is 0 Å². The number of nitrogens with one attached hydrogen (secondary N) is 1. The lowest BCUT2D eigenvalue weighted by atomic mass is 9.80. The van der Waals surface area contributed by atoms with E-state index >= 15 is 0 Å². The van der Waals surface area contributed by atoms with Gasteiger partial charge < -0.3 is 21.3 Å². The van der Waals surface area contributed by atoms with Crippen LogP contribution in [0.4, 0.5) is 0 Å². The lowest BCUT2D eigenvalue weighted by Gasteiger charge is -2.36. The van der Waals surface area contributed by atoms with Gasteiger partial charge in [0.25, 0.3) is 0 Å². The van der Waals surface area contributed by atoms with E-state index in [4.69, 9.17) is 10.8 Å². The monoisotopic (exact) mass is 264 g/mol. The molecule has 1 aromatic rings. The molecule has 104 valence electrons. The Balaban J connectivity index is 1.80. The number of carbonyl (C=O) groups excluding carboxylic acids is 1. The largest absolute Gasteiger partial charge is 0.508 e. The summed E-state index contributed by atoms with van der Waals surface area (Å²) in [7, 11) is 0. The Hall–Kier alpha value is -1.59. The van der Waals surface area contributed by atoms with Crippen LogP contribution >= 0.6 is 0 Å². The minimum Gasteiger partial charge on any atom is -0.508 e. The van der Waals surface area contributed by atoms with Crippen LogP contribution in [0.2, 0.25) is 0 Å². The summed E-state index contributed by atoms with van der Waals surface area (Å²) in [6, 6.07) is 5.96. The molecule has 1 saturated carbocycles. The third kappa shape index (κ3) is 3.68. The number of benzene rings is 1. The van der Waals surface area contributed by atoms with Gasteiger partial charge >= 0.3 is 0 Å². The molecule has 1 fully saturated rings. The molecule has 5 nitrogen and oxygen atoms in total. The lowest BCUT2D eigenvalue weighted by Crippen LogP contribution is -2.51. The molecule has 0 bridgehead atoms. The second kappa shape index (κ2) is 5.59. The van der Waals surface area contributed by atoms with Gasteiger partial charge in [-0.1, -0.05) is 12.1 Å². The van der Waals surface area contributed by atoms with Crippen LogP contribution in [0.5, 0.6) is 5.75 Å². The molecule has 0 saturated heterocycles. The van der Waals surface area contributed by atoms with Crippen LogP contribution in [-0.2, 0) is 11.2 Å². The first-order chi connectivity index (χ1) is 8.98. The SMILES string of the molecule is N[C@H](Cc1ccc(O)cc1)C(=O)NCC1(O)CCC1. The maximum Gasteiger partial charge on any atom is 0.237 e. The summed E-state index contributed by atoms with van der Waals surface area (Å²) in [5.74, 6) is -0.0672. The van der Waals surface area contributed by atoms with Crippen molar-refractivity contribution in [2.75, 3.05) is 6.54 Å². The summed E-state index contributed by atoms with van der Waals surface area (Å²) in [6.07, 6.45) is 2.89. The molecule has 1 aliphatic rings. The second-order valence-electron chi connectivity index (χ2n) is 5.27. The topological polar surface area (TPSA) is 95.6 Å². The minimum atomic E-state index is -0.728. The van der Waals surface area contributed by atoms with Crippen molar-refractivity contribution >= 4 is 5.91 Å². The summed E-state index contributed by atoms with van der Waals surface area (Å²) in [5.41, 5.74) is 5.98. The Kier molecular flexibility index (Phi) is 4.07. The molecular weight excluding hydrogens is 244 g/mol. The molecule has 0 radical (unpaired) electrons. The molecular formula is C14H20N2O3. The molecule has 1 amide bonds. The van der Waals surface area contributed by atoms with Gasteiger partial charge in [-0.2, -0.15) is 0 Å². The second-order valence-corrected chi connectivity index (χ2v) is 5.27. The highest BCUT2D eigenvalue weighted by Gasteiger charge is 2.34. The number of rotatable bonds is 5. The van der Waals surface area contributed by atoms with Crippen LogP contribution < -0.4 is 11.1 Å². The van der Waals surface area contributed by atoms with E-state index in [1.54, 1.807) is 24.3 Å². The van der Waals surface area contributed by atoms with E-state index < -0.39 is 11.6 Å². The number of hydrogen-bond acceptors (Lipinski definition) is 4. The number of amides is 1. The zero-order valence-electron chi connectivity index (χ0n) is 10.8. The Morgan fingerprint density at radius 2 is 2.00 bits per heavy atom. The van der Waals surface area contributed by atoms with E-state index in [0.717, 1.165) is 24.8 Å². The van der Waals surface area contributed by atoms with Crippen molar-refractivity contribution in [3.63, 3.8) is 0 Å². The van der Waals surface area contributed by atoms with Crippen LogP contribution in [-0.4, -0.2) is 34.3 Å². The summed E-state index contributed by atoms with van der Waals surface area (Å²) in [5, 5.41) is 21.7. The first-order valence-electron chi connectivity index (χ1n) is 6.52. The van der Waals surface area contributed by atoms with E-state index in [1.165, 1.54) is 0 Å². The number of phenols is 1. The summed E-state index contributed by atoms with van der Waals surface area (Å²) in [4.78, 5) is 11.8. The molecule has 1 aromatic carbocycles. The molecule has 5 N–H and O–H groups in total. The van der Waals surface area contributed by atoms with Gasteiger partial charge in [0.2, 0.25) is 5.91 Å². The molecule has 0 aliphatic heterocycles.